The number of nitrogens with zero attached hydrogens (tertiary/aromatic N) is 3. The minimum atomic E-state index is -2.87. The van der Waals surface area contributed by atoms with E-state index in [4.69, 9.17) is 0 Å². The zero-order valence-corrected chi connectivity index (χ0v) is 15.3. The molecule has 1 fully saturated rings. The number of alkyl halides is 2. The highest BCUT2D eigenvalue weighted by Gasteiger charge is 2.17. The summed E-state index contributed by atoms with van der Waals surface area (Å²) in [7, 11) is 0. The molecule has 0 saturated carbocycles. The number of fused-ring (bicyclic) bond motifs is 1. The Labute approximate surface area is 160 Å². The highest BCUT2D eigenvalue weighted by atomic mass is 19.3. The van der Waals surface area contributed by atoms with Gasteiger partial charge in [0.2, 0.25) is 0 Å². The number of benzene rings is 1. The van der Waals surface area contributed by atoms with Crippen LogP contribution in [-0.2, 0) is 0 Å². The van der Waals surface area contributed by atoms with Crippen molar-refractivity contribution >= 4 is 11.3 Å². The molecule has 0 aliphatic carbocycles. The number of hydrogen-bond donors (Lipinski definition) is 1. The van der Waals surface area contributed by atoms with E-state index in [9.17, 15) is 13.6 Å². The van der Waals surface area contributed by atoms with Gasteiger partial charge in [0.05, 0.1) is 11.4 Å². The molecule has 1 N–H and O–H groups in total. The van der Waals surface area contributed by atoms with Crippen molar-refractivity contribution in [1.29, 1.82) is 0 Å². The number of ether oxygens (including phenoxy) is 1. The Morgan fingerprint density at radius 3 is 2.71 bits per heavy atom. The monoisotopic (exact) mass is 386 g/mol. The maximum Gasteiger partial charge on any atom is 0.387 e. The standard InChI is InChI=1S/C20H20F2N4O2/c1-13-11-25(9-8-23-13)15-4-7-18-24-17(10-19(27)26(18)12-15)14-2-5-16(6-3-14)28-20(21)22/h2-7,10,12-13,20,23H,8-9,11H2,1H3/t13-/m0/s1. The van der Waals surface area contributed by atoms with Crippen molar-refractivity contribution in [2.45, 2.75) is 19.6 Å². The van der Waals surface area contributed by atoms with Gasteiger partial charge < -0.3 is 15.0 Å². The molecule has 1 aromatic carbocycles. The molecule has 3 aromatic rings. The molecule has 1 saturated heterocycles. The van der Waals surface area contributed by atoms with Gasteiger partial charge in [0.15, 0.2) is 0 Å². The summed E-state index contributed by atoms with van der Waals surface area (Å²) in [4.78, 5) is 19.4. The van der Waals surface area contributed by atoms with Crippen LogP contribution in [0.5, 0.6) is 5.75 Å². The summed E-state index contributed by atoms with van der Waals surface area (Å²) in [6.07, 6.45) is 1.81. The van der Waals surface area contributed by atoms with Crippen LogP contribution in [0.4, 0.5) is 14.5 Å². The quantitative estimate of drug-likeness (QED) is 0.747. The van der Waals surface area contributed by atoms with Crippen LogP contribution in [0.2, 0.25) is 0 Å². The third-order valence-electron chi connectivity index (χ3n) is 4.75. The molecule has 146 valence electrons. The number of anilines is 1. The Morgan fingerprint density at radius 2 is 2.00 bits per heavy atom. The summed E-state index contributed by atoms with van der Waals surface area (Å²) < 4.78 is 30.4. The lowest BCUT2D eigenvalue weighted by Gasteiger charge is -2.33. The highest BCUT2D eigenvalue weighted by Crippen LogP contribution is 2.22. The zero-order chi connectivity index (χ0) is 19.7. The molecule has 1 aliphatic rings. The molecular weight excluding hydrogens is 366 g/mol. The number of pyridine rings is 1. The first-order valence-corrected chi connectivity index (χ1v) is 9.06. The first kappa shape index (κ1) is 18.4. The fraction of sp³-hybridized carbons (Fsp3) is 0.300. The summed E-state index contributed by atoms with van der Waals surface area (Å²) in [5.74, 6) is 0.0613. The molecule has 0 spiro atoms. The maximum absolute atomic E-state index is 12.7. The fourth-order valence-electron chi connectivity index (χ4n) is 3.40. The molecule has 6 nitrogen and oxygen atoms in total. The number of nitrogens with one attached hydrogen (secondary N) is 1. The van der Waals surface area contributed by atoms with E-state index in [0.717, 1.165) is 25.3 Å². The highest BCUT2D eigenvalue weighted by molar-refractivity contribution is 5.63. The van der Waals surface area contributed by atoms with E-state index in [-0.39, 0.29) is 11.3 Å². The fourth-order valence-corrected chi connectivity index (χ4v) is 3.40. The van der Waals surface area contributed by atoms with E-state index in [1.807, 2.05) is 18.3 Å². The molecule has 0 unspecified atom stereocenters. The molecule has 0 radical (unpaired) electrons. The minimum absolute atomic E-state index is 0.0613. The Bertz CT molecular complexity index is 1040. The first-order valence-electron chi connectivity index (χ1n) is 9.06. The number of piperazine rings is 1. The largest absolute Gasteiger partial charge is 0.435 e. The average molecular weight is 386 g/mol. The van der Waals surface area contributed by atoms with Crippen LogP contribution in [0, 0.1) is 0 Å². The lowest BCUT2D eigenvalue weighted by molar-refractivity contribution is -0.0498. The molecule has 1 aliphatic heterocycles. The first-order chi connectivity index (χ1) is 13.5. The molecule has 4 rings (SSSR count). The van der Waals surface area contributed by atoms with Crippen molar-refractivity contribution in [2.24, 2.45) is 0 Å². The number of rotatable bonds is 4. The van der Waals surface area contributed by atoms with Gasteiger partial charge in [-0.3, -0.25) is 9.20 Å². The van der Waals surface area contributed by atoms with Crippen LogP contribution < -0.4 is 20.5 Å². The minimum Gasteiger partial charge on any atom is -0.435 e. The Morgan fingerprint density at radius 1 is 1.21 bits per heavy atom. The second-order valence-corrected chi connectivity index (χ2v) is 6.80. The normalized spacial score (nSPS) is 17.3. The lowest BCUT2D eigenvalue weighted by atomic mass is 10.1. The van der Waals surface area contributed by atoms with Gasteiger partial charge >= 0.3 is 6.61 Å². The average Bonchev–Trinajstić information content (AvgIpc) is 2.68. The van der Waals surface area contributed by atoms with Gasteiger partial charge in [-0.05, 0) is 43.3 Å². The van der Waals surface area contributed by atoms with E-state index in [1.165, 1.54) is 22.6 Å². The van der Waals surface area contributed by atoms with Gasteiger partial charge in [0, 0.05) is 43.5 Å². The summed E-state index contributed by atoms with van der Waals surface area (Å²) in [5.41, 5.74) is 2.45. The Hall–Kier alpha value is -3.00. The van der Waals surface area contributed by atoms with Crippen molar-refractivity contribution in [3.63, 3.8) is 0 Å². The Kier molecular flexibility index (Phi) is 4.95. The summed E-state index contributed by atoms with van der Waals surface area (Å²) in [6.45, 7) is 1.91. The lowest BCUT2D eigenvalue weighted by Crippen LogP contribution is -2.49. The molecule has 3 heterocycles. The van der Waals surface area contributed by atoms with E-state index < -0.39 is 6.61 Å². The van der Waals surface area contributed by atoms with Crippen molar-refractivity contribution < 1.29 is 13.5 Å². The molecule has 2 aromatic heterocycles. The van der Waals surface area contributed by atoms with E-state index >= 15 is 0 Å². The summed E-state index contributed by atoms with van der Waals surface area (Å²) in [5, 5.41) is 3.40. The number of hydrogen-bond acceptors (Lipinski definition) is 5. The summed E-state index contributed by atoms with van der Waals surface area (Å²) >= 11 is 0. The van der Waals surface area contributed by atoms with Crippen molar-refractivity contribution in [1.82, 2.24) is 14.7 Å². The van der Waals surface area contributed by atoms with Crippen LogP contribution >= 0.6 is 0 Å². The van der Waals surface area contributed by atoms with Crippen LogP contribution in [-0.4, -0.2) is 41.7 Å². The predicted octanol–water partition coefficient (Wildman–Crippen LogP) is 2.76. The second-order valence-electron chi connectivity index (χ2n) is 6.80. The van der Waals surface area contributed by atoms with Gasteiger partial charge in [-0.1, -0.05) is 0 Å². The predicted molar refractivity (Wildman–Crippen MR) is 103 cm³/mol. The molecule has 8 heteroatoms. The topological polar surface area (TPSA) is 58.9 Å². The van der Waals surface area contributed by atoms with Crippen molar-refractivity contribution in [3.8, 4) is 17.0 Å². The van der Waals surface area contributed by atoms with Crippen molar-refractivity contribution in [3.05, 3.63) is 59.0 Å². The molecule has 28 heavy (non-hydrogen) atoms. The van der Waals surface area contributed by atoms with Gasteiger partial charge in [-0.2, -0.15) is 8.78 Å². The van der Waals surface area contributed by atoms with E-state index in [1.54, 1.807) is 12.1 Å². The van der Waals surface area contributed by atoms with Gasteiger partial charge in [-0.15, -0.1) is 0 Å². The van der Waals surface area contributed by atoms with Crippen molar-refractivity contribution in [2.75, 3.05) is 24.5 Å². The third kappa shape index (κ3) is 3.82. The zero-order valence-electron chi connectivity index (χ0n) is 15.3. The van der Waals surface area contributed by atoms with Crippen LogP contribution in [0.1, 0.15) is 6.92 Å². The van der Waals surface area contributed by atoms with Gasteiger partial charge in [-0.25, -0.2) is 4.98 Å². The molecule has 0 bridgehead atoms. The molecular formula is C20H20F2N4O2. The number of aromatic nitrogens is 2. The Balaban J connectivity index is 1.65. The second kappa shape index (κ2) is 7.55. The van der Waals surface area contributed by atoms with Crippen LogP contribution in [0.25, 0.3) is 16.9 Å². The molecule has 1 atom stereocenters. The van der Waals surface area contributed by atoms with Crippen LogP contribution in [0.15, 0.2) is 53.5 Å². The maximum atomic E-state index is 12.7. The smallest absolute Gasteiger partial charge is 0.387 e. The van der Waals surface area contributed by atoms with Gasteiger partial charge in [0.25, 0.3) is 5.56 Å². The summed E-state index contributed by atoms with van der Waals surface area (Å²) in [6, 6.07) is 11.7. The third-order valence-corrected chi connectivity index (χ3v) is 4.75. The number of halogens is 2. The van der Waals surface area contributed by atoms with E-state index in [0.29, 0.717) is 22.9 Å². The molecule has 0 amide bonds. The van der Waals surface area contributed by atoms with Crippen LogP contribution in [0.3, 0.4) is 0 Å². The van der Waals surface area contributed by atoms with Gasteiger partial charge in [0.1, 0.15) is 11.4 Å². The van der Waals surface area contributed by atoms with E-state index in [2.05, 4.69) is 26.9 Å². The SMILES string of the molecule is C[C@H]1CN(c2ccc3nc(-c4ccc(OC(F)F)cc4)cc(=O)n3c2)CCN1.